The Bertz CT molecular complexity index is 251. The van der Waals surface area contributed by atoms with Crippen molar-refractivity contribution in [3.63, 3.8) is 0 Å². The highest BCUT2D eigenvalue weighted by atomic mass is 28.1. The Morgan fingerprint density at radius 3 is 1.29 bits per heavy atom. The zero-order valence-corrected chi connectivity index (χ0v) is 6.51. The molecule has 1 amide bonds. The first kappa shape index (κ1) is 14.4. The van der Waals surface area contributed by atoms with E-state index in [1.165, 1.54) is 0 Å². The van der Waals surface area contributed by atoms with Crippen LogP contribution in [0.4, 0.5) is 22.6 Å². The predicted octanol–water partition coefficient (Wildman–Crippen LogP) is -3.21. The quantitative estimate of drug-likeness (QED) is 0.282. The molecule has 0 bridgehead atoms. The highest BCUT2D eigenvalue weighted by molar-refractivity contribution is 5.75. The first-order valence-corrected chi connectivity index (χ1v) is 2.92. The molecule has 1 aromatic heterocycles. The molecule has 0 radical (unpaired) electrons. The molecule has 0 saturated heterocycles. The zero-order valence-electron chi connectivity index (χ0n) is 6.51. The van der Waals surface area contributed by atoms with Crippen LogP contribution in [0.2, 0.25) is 0 Å². The molecule has 0 fully saturated rings. The van der Waals surface area contributed by atoms with Crippen LogP contribution in [0.1, 0.15) is 0 Å². The molecule has 0 saturated carbocycles. The third-order valence-corrected chi connectivity index (χ3v) is 0.687. The molecule has 0 atom stereocenters. The second kappa shape index (κ2) is 6.42. The number of anilines is 3. The normalized spacial score (nSPS) is 7.71. The number of hydrogen-bond acceptors (Lipinski definition) is 7. The number of rotatable bonds is 0. The van der Waals surface area contributed by atoms with Gasteiger partial charge in [-0.05, 0) is 11.0 Å². The van der Waals surface area contributed by atoms with Crippen molar-refractivity contribution in [1.82, 2.24) is 15.0 Å². The molecule has 1 rings (SSSR count). The summed E-state index contributed by atoms with van der Waals surface area (Å²) in [5.74, 6) is 0.125. The Labute approximate surface area is 83.5 Å². The summed E-state index contributed by atoms with van der Waals surface area (Å²) in [4.78, 5) is 19.2. The van der Waals surface area contributed by atoms with Crippen LogP contribution in [-0.2, 0) is 0 Å². The number of nitrogens with two attached hydrogens (primary N) is 4. The van der Waals surface area contributed by atoms with Crippen molar-refractivity contribution in [2.45, 2.75) is 0 Å². The van der Waals surface area contributed by atoms with Crippen LogP contribution in [-0.4, -0.2) is 37.1 Å². The number of carbonyl (C=O) groups is 1. The molecule has 0 aromatic carbocycles. The van der Waals surface area contributed by atoms with E-state index in [1.807, 2.05) is 0 Å². The average Bonchev–Trinajstić information content (AvgIpc) is 1.80. The third-order valence-electron chi connectivity index (χ3n) is 0.687. The van der Waals surface area contributed by atoms with Crippen molar-refractivity contribution in [1.29, 1.82) is 0 Å². The van der Waals surface area contributed by atoms with Gasteiger partial charge in [-0.2, -0.15) is 15.0 Å². The zero-order chi connectivity index (χ0) is 10.4. The maximum Gasteiger partial charge on any atom is 0.402 e. The van der Waals surface area contributed by atoms with Crippen molar-refractivity contribution in [2.75, 3.05) is 17.2 Å². The van der Waals surface area contributed by atoms with Crippen molar-refractivity contribution < 1.29 is 9.90 Å². The molecular weight excluding hydrogens is 206 g/mol. The first-order chi connectivity index (χ1) is 5.91. The topological polar surface area (TPSA) is 180 Å². The number of amides is 1. The lowest BCUT2D eigenvalue weighted by molar-refractivity contribution is 0.205. The molecule has 1 heterocycles. The van der Waals surface area contributed by atoms with Crippen LogP contribution in [0.5, 0.6) is 0 Å². The maximum atomic E-state index is 8.78. The second-order valence-corrected chi connectivity index (χ2v) is 1.75. The Morgan fingerprint density at radius 2 is 1.14 bits per heavy atom. The second-order valence-electron chi connectivity index (χ2n) is 1.75. The smallest absolute Gasteiger partial charge is 0.402 e. The van der Waals surface area contributed by atoms with Gasteiger partial charge in [0.2, 0.25) is 17.8 Å². The van der Waals surface area contributed by atoms with Gasteiger partial charge in [-0.25, -0.2) is 4.79 Å². The van der Waals surface area contributed by atoms with Crippen LogP contribution in [0.25, 0.3) is 0 Å². The monoisotopic (exact) mass is 219 g/mol. The largest absolute Gasteiger partial charge is 0.465 e. The first-order valence-electron chi connectivity index (χ1n) is 2.92. The van der Waals surface area contributed by atoms with Gasteiger partial charge in [0.05, 0.1) is 0 Å². The van der Waals surface area contributed by atoms with Gasteiger partial charge >= 0.3 is 6.09 Å². The molecule has 10 heteroatoms. The number of nitrogens with zero attached hydrogens (tertiary/aromatic N) is 3. The van der Waals surface area contributed by atoms with Crippen LogP contribution >= 0.6 is 0 Å². The minimum atomic E-state index is -1.33. The summed E-state index contributed by atoms with van der Waals surface area (Å²) in [5, 5.41) is 7.19. The highest BCUT2D eigenvalue weighted by Crippen LogP contribution is 1.97. The van der Waals surface area contributed by atoms with E-state index >= 15 is 0 Å². The summed E-state index contributed by atoms with van der Waals surface area (Å²) in [7, 11) is 0. The van der Waals surface area contributed by atoms with Gasteiger partial charge in [0, 0.05) is 0 Å². The molecule has 80 valence electrons. The van der Waals surface area contributed by atoms with Crippen molar-refractivity contribution >= 4 is 34.9 Å². The summed E-state index contributed by atoms with van der Waals surface area (Å²) >= 11 is 0. The van der Waals surface area contributed by atoms with E-state index in [0.29, 0.717) is 0 Å². The van der Waals surface area contributed by atoms with Gasteiger partial charge in [-0.3, -0.25) is 0 Å². The fourth-order valence-electron chi connectivity index (χ4n) is 0.427. The molecule has 0 unspecified atom stereocenters. The number of hydrogen-bond donors (Lipinski definition) is 5. The lowest BCUT2D eigenvalue weighted by Crippen LogP contribution is -2.05. The summed E-state index contributed by atoms with van der Waals surface area (Å²) in [6.45, 7) is 0. The number of primary amides is 1. The Hall–Kier alpha value is -2.10. The summed E-state index contributed by atoms with van der Waals surface area (Å²) in [5.41, 5.74) is 19.4. The number of carboxylic acid groups (broad SMARTS) is 1. The Balaban J connectivity index is 0. The van der Waals surface area contributed by atoms with E-state index in [-0.39, 0.29) is 28.8 Å². The average molecular weight is 219 g/mol. The summed E-state index contributed by atoms with van der Waals surface area (Å²) < 4.78 is 0. The fourth-order valence-corrected chi connectivity index (χ4v) is 0.427. The molecule has 1 aromatic rings. The summed E-state index contributed by atoms with van der Waals surface area (Å²) in [6, 6.07) is 0. The number of aromatic nitrogens is 3. The number of nitrogen functional groups attached to an aromatic ring is 3. The molecule has 0 spiro atoms. The highest BCUT2D eigenvalue weighted by Gasteiger charge is 1.93. The van der Waals surface area contributed by atoms with Crippen molar-refractivity contribution in [2.24, 2.45) is 5.73 Å². The minimum Gasteiger partial charge on any atom is -0.465 e. The predicted molar refractivity (Wildman–Crippen MR) is 56.6 cm³/mol. The van der Waals surface area contributed by atoms with E-state index in [4.69, 9.17) is 27.1 Å². The van der Waals surface area contributed by atoms with E-state index < -0.39 is 6.09 Å². The lowest BCUT2D eigenvalue weighted by Gasteiger charge is -1.93. The lowest BCUT2D eigenvalue weighted by atomic mass is 10.9. The van der Waals surface area contributed by atoms with Crippen LogP contribution in [0.3, 0.4) is 0 Å². The van der Waals surface area contributed by atoms with E-state index in [9.17, 15) is 0 Å². The maximum absolute atomic E-state index is 8.78. The van der Waals surface area contributed by atoms with Crippen molar-refractivity contribution in [3.8, 4) is 0 Å². The fraction of sp³-hybridized carbons (Fsp3) is 0. The van der Waals surface area contributed by atoms with Crippen LogP contribution < -0.4 is 22.9 Å². The van der Waals surface area contributed by atoms with Gasteiger partial charge in [-0.1, -0.05) is 0 Å². The molecular formula is C4H13N7O2Si. The standard InChI is InChI=1S/C3H6N6.CH3NO2.H4Si/c4-1-7-2(5)9-3(6)8-1;2-1(3)4;/h(H6,4,5,6,7,8,9);2H2,(H,3,4);1H4. The SMILES string of the molecule is NC(=O)O.Nc1nc(N)nc(N)n1.[SiH4]. The van der Waals surface area contributed by atoms with Gasteiger partial charge in [0.15, 0.2) is 0 Å². The molecule has 0 aliphatic rings. The van der Waals surface area contributed by atoms with Crippen molar-refractivity contribution in [3.05, 3.63) is 0 Å². The van der Waals surface area contributed by atoms with Gasteiger partial charge < -0.3 is 28.0 Å². The van der Waals surface area contributed by atoms with E-state index in [1.54, 1.807) is 0 Å². The molecule has 9 nitrogen and oxygen atoms in total. The minimum absolute atomic E-state index is 0. The molecule has 0 aliphatic heterocycles. The van der Waals surface area contributed by atoms with E-state index in [2.05, 4.69) is 20.7 Å². The van der Waals surface area contributed by atoms with Crippen LogP contribution in [0.15, 0.2) is 0 Å². The third kappa shape index (κ3) is 8.00. The Morgan fingerprint density at radius 1 is 1.00 bits per heavy atom. The molecule has 14 heavy (non-hydrogen) atoms. The van der Waals surface area contributed by atoms with Gasteiger partial charge in [0.1, 0.15) is 0 Å². The Kier molecular flexibility index (Phi) is 6.61. The summed E-state index contributed by atoms with van der Waals surface area (Å²) in [6.07, 6.45) is -1.33. The molecule has 0 aliphatic carbocycles. The van der Waals surface area contributed by atoms with E-state index in [0.717, 1.165) is 0 Å². The van der Waals surface area contributed by atoms with Crippen LogP contribution in [0, 0.1) is 0 Å². The van der Waals surface area contributed by atoms with Gasteiger partial charge in [-0.15, -0.1) is 0 Å². The van der Waals surface area contributed by atoms with Gasteiger partial charge in [0.25, 0.3) is 0 Å². The molecule has 9 N–H and O–H groups in total.